The molecule has 0 aliphatic carbocycles. The van der Waals surface area contributed by atoms with Gasteiger partial charge in [-0.15, -0.1) is 0 Å². The fourth-order valence-corrected chi connectivity index (χ4v) is 9.55. The predicted octanol–water partition coefficient (Wildman–Crippen LogP) is 16.2. The van der Waals surface area contributed by atoms with Crippen LogP contribution in [0, 0.1) is 55.4 Å². The molecule has 0 aromatic heterocycles. The second-order valence-corrected chi connectivity index (χ2v) is 17.2. The number of rotatable bonds is 8. The van der Waals surface area contributed by atoms with Gasteiger partial charge in [0.25, 0.3) is 0 Å². The van der Waals surface area contributed by atoms with Gasteiger partial charge in [0.2, 0.25) is 0 Å². The number of hydrogen-bond acceptors (Lipinski definition) is 2. The first kappa shape index (κ1) is 37.3. The Kier molecular flexibility index (Phi) is 9.44. The van der Waals surface area contributed by atoms with Crippen molar-refractivity contribution < 1.29 is 0 Å². The second kappa shape index (κ2) is 14.2. The van der Waals surface area contributed by atoms with E-state index in [0.717, 1.165) is 0 Å². The molecule has 0 saturated carbocycles. The van der Waals surface area contributed by atoms with Crippen molar-refractivity contribution in [1.82, 2.24) is 0 Å². The van der Waals surface area contributed by atoms with Gasteiger partial charge >= 0.3 is 0 Å². The lowest BCUT2D eigenvalue weighted by Crippen LogP contribution is -2.15. The van der Waals surface area contributed by atoms with Gasteiger partial charge in [-0.25, -0.2) is 0 Å². The molecule has 0 unspecified atom stereocenters. The molecule has 0 saturated heterocycles. The van der Waals surface area contributed by atoms with E-state index in [1.165, 1.54) is 122 Å². The summed E-state index contributed by atoms with van der Waals surface area (Å²) in [4.78, 5) is 5.09. The zero-order valence-corrected chi connectivity index (χ0v) is 35.4. The lowest BCUT2D eigenvalue weighted by molar-refractivity contribution is 0.875. The van der Waals surface area contributed by atoms with Gasteiger partial charge < -0.3 is 9.80 Å². The molecule has 8 aromatic rings. The lowest BCUT2D eigenvalue weighted by atomic mass is 9.83. The highest BCUT2D eigenvalue weighted by Gasteiger charge is 2.27. The first-order chi connectivity index (χ1) is 26.7. The van der Waals surface area contributed by atoms with Crippen LogP contribution >= 0.6 is 0 Å². The van der Waals surface area contributed by atoms with E-state index in [0.29, 0.717) is 11.8 Å². The third-order valence-corrected chi connectivity index (χ3v) is 11.9. The number of hydrogen-bond donors (Lipinski definition) is 0. The summed E-state index contributed by atoms with van der Waals surface area (Å²) in [5.74, 6) is 0.647. The monoisotopic (exact) mass is 732 g/mol. The van der Waals surface area contributed by atoms with E-state index in [-0.39, 0.29) is 0 Å². The summed E-state index contributed by atoms with van der Waals surface area (Å²) in [6.07, 6.45) is 0. The van der Waals surface area contributed by atoms with Crippen LogP contribution in [0.2, 0.25) is 0 Å². The summed E-state index contributed by atoms with van der Waals surface area (Å²) in [7, 11) is 0. The Morgan fingerprint density at radius 2 is 0.643 bits per heavy atom. The molecule has 0 spiro atoms. The Morgan fingerprint density at radius 1 is 0.339 bits per heavy atom. The largest absolute Gasteiger partial charge is 0.309 e. The van der Waals surface area contributed by atoms with Crippen molar-refractivity contribution in [3.63, 3.8) is 0 Å². The molecule has 0 amide bonds. The number of anilines is 6. The molecular formula is C54H56N2. The minimum Gasteiger partial charge on any atom is -0.309 e. The van der Waals surface area contributed by atoms with Crippen molar-refractivity contribution in [2.45, 2.75) is 94.9 Å². The Hall–Kier alpha value is -5.60. The summed E-state index contributed by atoms with van der Waals surface area (Å²) in [6, 6.07) is 42.1. The minimum atomic E-state index is 0.323. The topological polar surface area (TPSA) is 6.48 Å². The zero-order valence-electron chi connectivity index (χ0n) is 35.4. The van der Waals surface area contributed by atoms with Crippen LogP contribution < -0.4 is 9.80 Å². The van der Waals surface area contributed by atoms with Crippen LogP contribution in [0.5, 0.6) is 0 Å². The summed E-state index contributed by atoms with van der Waals surface area (Å²) in [6.45, 7) is 27.2. The average Bonchev–Trinajstić information content (AvgIpc) is 3.14. The molecular weight excluding hydrogens is 677 g/mol. The summed E-state index contributed by atoms with van der Waals surface area (Å²) < 4.78 is 0. The highest BCUT2D eigenvalue weighted by molar-refractivity contribution is 6.29. The van der Waals surface area contributed by atoms with Crippen molar-refractivity contribution >= 4 is 66.4 Å². The Morgan fingerprint density at radius 3 is 0.946 bits per heavy atom. The maximum Gasteiger partial charge on any atom is 0.0543 e. The summed E-state index contributed by atoms with van der Waals surface area (Å²) in [5, 5.41) is 7.94. The molecule has 0 fully saturated rings. The molecule has 0 bridgehead atoms. The van der Waals surface area contributed by atoms with E-state index in [1.54, 1.807) is 0 Å². The fourth-order valence-electron chi connectivity index (χ4n) is 9.55. The van der Waals surface area contributed by atoms with E-state index in [9.17, 15) is 0 Å². The van der Waals surface area contributed by atoms with Crippen LogP contribution in [0.4, 0.5) is 34.1 Å². The van der Waals surface area contributed by atoms with Gasteiger partial charge in [-0.2, -0.15) is 0 Å². The molecule has 8 rings (SSSR count). The first-order valence-electron chi connectivity index (χ1n) is 20.4. The molecule has 282 valence electrons. The zero-order chi connectivity index (χ0) is 39.7. The molecule has 0 aliphatic rings. The maximum atomic E-state index is 2.54. The highest BCUT2D eigenvalue weighted by atomic mass is 15.2. The van der Waals surface area contributed by atoms with E-state index in [4.69, 9.17) is 0 Å². The Bertz CT molecular complexity index is 2530. The van der Waals surface area contributed by atoms with Gasteiger partial charge in [0.05, 0.1) is 22.7 Å². The lowest BCUT2D eigenvalue weighted by Gasteiger charge is -2.33. The van der Waals surface area contributed by atoms with Crippen molar-refractivity contribution in [1.29, 1.82) is 0 Å². The van der Waals surface area contributed by atoms with Gasteiger partial charge in [-0.3, -0.25) is 0 Å². The molecule has 0 aliphatic heterocycles. The molecule has 0 heterocycles. The van der Waals surface area contributed by atoms with Gasteiger partial charge in [0.15, 0.2) is 0 Å². The van der Waals surface area contributed by atoms with Crippen molar-refractivity contribution in [3.05, 3.63) is 165 Å². The third-order valence-electron chi connectivity index (χ3n) is 11.9. The van der Waals surface area contributed by atoms with Crippen molar-refractivity contribution in [3.8, 4) is 0 Å². The van der Waals surface area contributed by atoms with Crippen molar-refractivity contribution in [2.24, 2.45) is 0 Å². The number of nitrogens with zero attached hydrogens (tertiary/aromatic N) is 2. The number of benzene rings is 8. The van der Waals surface area contributed by atoms with Gasteiger partial charge in [0, 0.05) is 22.1 Å². The fraction of sp³-hybridized carbons (Fsp3) is 0.259. The second-order valence-electron chi connectivity index (χ2n) is 17.2. The normalized spacial score (nSPS) is 11.9. The molecule has 2 heteroatoms. The van der Waals surface area contributed by atoms with Crippen LogP contribution in [0.15, 0.2) is 109 Å². The molecule has 8 aromatic carbocycles. The smallest absolute Gasteiger partial charge is 0.0543 e. The highest BCUT2D eigenvalue weighted by Crippen LogP contribution is 2.52. The molecule has 2 nitrogen and oxygen atoms in total. The predicted molar refractivity (Wildman–Crippen MR) is 246 cm³/mol. The van der Waals surface area contributed by atoms with E-state index < -0.39 is 0 Å². The first-order valence-corrected chi connectivity index (χ1v) is 20.4. The molecule has 56 heavy (non-hydrogen) atoms. The van der Waals surface area contributed by atoms with Crippen LogP contribution in [-0.2, 0) is 0 Å². The van der Waals surface area contributed by atoms with Gasteiger partial charge in [-0.1, -0.05) is 123 Å². The third kappa shape index (κ3) is 6.20. The molecule has 0 atom stereocenters. The Labute approximate surface area is 334 Å². The van der Waals surface area contributed by atoms with Crippen LogP contribution in [-0.4, -0.2) is 0 Å². The van der Waals surface area contributed by atoms with Gasteiger partial charge in [0.1, 0.15) is 0 Å². The van der Waals surface area contributed by atoms with E-state index in [2.05, 4.69) is 202 Å². The minimum absolute atomic E-state index is 0.323. The van der Waals surface area contributed by atoms with E-state index >= 15 is 0 Å². The summed E-state index contributed by atoms with van der Waals surface area (Å²) in [5.41, 5.74) is 20.3. The Balaban J connectivity index is 1.55. The maximum absolute atomic E-state index is 2.54. The standard InChI is InChI=1S/C54H56N2/c1-31(2)47-29-49(55(41-17-13-33(5)14-18-41)53-37(9)25-35(7)26-38(53)10)45-24-22-44-48(32(3)4)30-50(46-23-21-43(47)51(45)52(44)46)56(42-19-15-34(6)16-20-42)54-39(11)27-36(8)28-40(54)12/h13-32H,1-12H3. The van der Waals surface area contributed by atoms with Crippen LogP contribution in [0.25, 0.3) is 32.3 Å². The SMILES string of the molecule is Cc1ccc(N(c2c(C)cc(C)cc2C)c2cc(C(C)C)c3ccc4c(N(c5ccc(C)cc5)c5c(C)cc(C)cc5C)cc(C(C)C)c5ccc2c3c54)cc1. The quantitative estimate of drug-likeness (QED) is 0.144. The number of aryl methyl sites for hydroxylation is 8. The van der Waals surface area contributed by atoms with E-state index in [1.807, 2.05) is 0 Å². The molecule has 0 radical (unpaired) electrons. The summed E-state index contributed by atoms with van der Waals surface area (Å²) >= 11 is 0. The average molecular weight is 733 g/mol. The van der Waals surface area contributed by atoms with Gasteiger partial charge in [-0.05, 0) is 159 Å². The van der Waals surface area contributed by atoms with Crippen LogP contribution in [0.1, 0.15) is 95.2 Å². The molecule has 0 N–H and O–H groups in total. The van der Waals surface area contributed by atoms with Crippen LogP contribution in [0.3, 0.4) is 0 Å². The van der Waals surface area contributed by atoms with Crippen molar-refractivity contribution in [2.75, 3.05) is 9.80 Å².